The SMILES string of the molecule is CC(C)NS(=O)(=O)C1CC1.CCCc1nn(C(C)C)nc1-c1ccccc1. The zero-order valence-corrected chi connectivity index (χ0v) is 17.8. The van der Waals surface area contributed by atoms with E-state index in [9.17, 15) is 8.42 Å². The van der Waals surface area contributed by atoms with Gasteiger partial charge in [-0.05, 0) is 47.0 Å². The van der Waals surface area contributed by atoms with Crippen molar-refractivity contribution in [1.29, 1.82) is 0 Å². The molecule has 0 unspecified atom stereocenters. The molecule has 0 radical (unpaired) electrons. The van der Waals surface area contributed by atoms with Gasteiger partial charge in [0, 0.05) is 11.6 Å². The fourth-order valence-corrected chi connectivity index (χ4v) is 4.22. The Kier molecular flexibility index (Phi) is 7.56. The lowest BCUT2D eigenvalue weighted by Gasteiger charge is -2.07. The van der Waals surface area contributed by atoms with Crippen molar-refractivity contribution in [3.63, 3.8) is 0 Å². The van der Waals surface area contributed by atoms with Crippen LogP contribution >= 0.6 is 0 Å². The molecule has 1 aliphatic carbocycles. The molecule has 1 heterocycles. The Morgan fingerprint density at radius 3 is 2.22 bits per heavy atom. The molecule has 1 saturated carbocycles. The van der Waals surface area contributed by atoms with E-state index < -0.39 is 10.0 Å². The van der Waals surface area contributed by atoms with Crippen molar-refractivity contribution in [2.45, 2.75) is 77.6 Å². The molecule has 1 aromatic heterocycles. The summed E-state index contributed by atoms with van der Waals surface area (Å²) in [6.45, 7) is 10.0. The number of aromatic nitrogens is 3. The monoisotopic (exact) mass is 392 g/mol. The summed E-state index contributed by atoms with van der Waals surface area (Å²) in [5.74, 6) is 0. The van der Waals surface area contributed by atoms with Gasteiger partial charge in [0.1, 0.15) is 5.69 Å². The molecule has 0 saturated heterocycles. The maximum atomic E-state index is 11.1. The molecule has 1 fully saturated rings. The van der Waals surface area contributed by atoms with E-state index in [-0.39, 0.29) is 11.3 Å². The molecule has 2 aromatic rings. The summed E-state index contributed by atoms with van der Waals surface area (Å²) < 4.78 is 24.7. The summed E-state index contributed by atoms with van der Waals surface area (Å²) >= 11 is 0. The average Bonchev–Trinajstić information content (AvgIpc) is 3.37. The van der Waals surface area contributed by atoms with Gasteiger partial charge < -0.3 is 0 Å². The van der Waals surface area contributed by atoms with Crippen molar-refractivity contribution < 1.29 is 8.42 Å². The van der Waals surface area contributed by atoms with E-state index in [2.05, 4.69) is 47.8 Å². The fraction of sp³-hybridized carbons (Fsp3) is 0.600. The Morgan fingerprint density at radius 1 is 1.11 bits per heavy atom. The van der Waals surface area contributed by atoms with E-state index in [1.54, 1.807) is 0 Å². The van der Waals surface area contributed by atoms with Crippen LogP contribution in [0.4, 0.5) is 0 Å². The van der Waals surface area contributed by atoms with Gasteiger partial charge in [-0.1, -0.05) is 43.7 Å². The molecule has 150 valence electrons. The summed E-state index contributed by atoms with van der Waals surface area (Å²) in [6.07, 6.45) is 3.75. The van der Waals surface area contributed by atoms with Crippen LogP contribution in [0.2, 0.25) is 0 Å². The molecule has 6 nitrogen and oxygen atoms in total. The summed E-state index contributed by atoms with van der Waals surface area (Å²) in [5, 5.41) is 9.10. The van der Waals surface area contributed by atoms with Crippen LogP contribution in [-0.2, 0) is 16.4 Å². The van der Waals surface area contributed by atoms with Gasteiger partial charge in [-0.3, -0.25) is 0 Å². The largest absolute Gasteiger partial charge is 0.214 e. The minimum Gasteiger partial charge on any atom is -0.212 e. The van der Waals surface area contributed by atoms with E-state index in [4.69, 9.17) is 0 Å². The molecule has 3 rings (SSSR count). The van der Waals surface area contributed by atoms with Crippen LogP contribution in [0.5, 0.6) is 0 Å². The molecule has 0 bridgehead atoms. The molecule has 1 N–H and O–H groups in total. The van der Waals surface area contributed by atoms with E-state index in [0.717, 1.165) is 42.6 Å². The first-order valence-electron chi connectivity index (χ1n) is 9.76. The molecular weight excluding hydrogens is 360 g/mol. The predicted molar refractivity (Wildman–Crippen MR) is 110 cm³/mol. The first-order valence-corrected chi connectivity index (χ1v) is 11.3. The van der Waals surface area contributed by atoms with Crippen molar-refractivity contribution in [3.8, 4) is 11.3 Å². The summed E-state index contributed by atoms with van der Waals surface area (Å²) in [4.78, 5) is 1.81. The number of aryl methyl sites for hydroxylation is 1. The zero-order valence-electron chi connectivity index (χ0n) is 17.0. The van der Waals surface area contributed by atoms with Crippen LogP contribution in [0.15, 0.2) is 30.3 Å². The second kappa shape index (κ2) is 9.46. The molecule has 7 heteroatoms. The molecule has 1 aromatic carbocycles. The first-order chi connectivity index (χ1) is 12.7. The third kappa shape index (κ3) is 6.43. The lowest BCUT2D eigenvalue weighted by atomic mass is 10.1. The normalized spacial score (nSPS) is 14.3. The molecule has 0 aliphatic heterocycles. The predicted octanol–water partition coefficient (Wildman–Crippen LogP) is 3.96. The molecule has 1 aliphatic rings. The number of nitrogens with one attached hydrogen (secondary N) is 1. The second-order valence-corrected chi connectivity index (χ2v) is 9.53. The zero-order chi connectivity index (χ0) is 20.0. The Labute approximate surface area is 163 Å². The Morgan fingerprint density at radius 2 is 1.74 bits per heavy atom. The lowest BCUT2D eigenvalue weighted by molar-refractivity contribution is 0.463. The quantitative estimate of drug-likeness (QED) is 0.774. The van der Waals surface area contributed by atoms with Crippen molar-refractivity contribution in [2.24, 2.45) is 0 Å². The number of rotatable bonds is 7. The third-order valence-corrected chi connectivity index (χ3v) is 6.21. The highest BCUT2D eigenvalue weighted by molar-refractivity contribution is 7.90. The maximum Gasteiger partial charge on any atom is 0.214 e. The maximum absolute atomic E-state index is 11.1. The average molecular weight is 393 g/mol. The fourth-order valence-electron chi connectivity index (χ4n) is 2.61. The van der Waals surface area contributed by atoms with Crippen LogP contribution in [0.1, 0.15) is 65.6 Å². The second-order valence-electron chi connectivity index (χ2n) is 7.54. The van der Waals surface area contributed by atoms with E-state index in [1.807, 2.05) is 36.8 Å². The number of hydrogen-bond acceptors (Lipinski definition) is 4. The summed E-state index contributed by atoms with van der Waals surface area (Å²) in [7, 11) is -2.94. The van der Waals surface area contributed by atoms with Crippen LogP contribution in [0.3, 0.4) is 0 Å². The van der Waals surface area contributed by atoms with Crippen LogP contribution in [0.25, 0.3) is 11.3 Å². The third-order valence-electron chi connectivity index (χ3n) is 4.06. The molecule has 27 heavy (non-hydrogen) atoms. The van der Waals surface area contributed by atoms with Crippen molar-refractivity contribution in [1.82, 2.24) is 19.7 Å². The van der Waals surface area contributed by atoms with Crippen molar-refractivity contribution in [3.05, 3.63) is 36.0 Å². The standard InChI is InChI=1S/C14H19N3.C6H13NO2S/c1-4-8-13-14(12-9-6-5-7-10-12)16-17(15-13)11(2)3;1-5(2)7-10(8,9)6-3-4-6/h5-7,9-11H,4,8H2,1-3H3;5-7H,3-4H2,1-2H3. The number of hydrogen-bond donors (Lipinski definition) is 1. The summed E-state index contributed by atoms with van der Waals surface area (Å²) in [6, 6.07) is 10.6. The van der Waals surface area contributed by atoms with E-state index >= 15 is 0 Å². The highest BCUT2D eigenvalue weighted by Crippen LogP contribution is 2.27. The minimum atomic E-state index is -2.94. The smallest absolute Gasteiger partial charge is 0.212 e. The topological polar surface area (TPSA) is 76.9 Å². The lowest BCUT2D eigenvalue weighted by Crippen LogP contribution is -2.32. The van der Waals surface area contributed by atoms with Gasteiger partial charge in [0.05, 0.1) is 17.0 Å². The van der Waals surface area contributed by atoms with Gasteiger partial charge in [0.15, 0.2) is 0 Å². The van der Waals surface area contributed by atoms with Gasteiger partial charge in [0.2, 0.25) is 10.0 Å². The minimum absolute atomic E-state index is 0.0330. The highest BCUT2D eigenvalue weighted by atomic mass is 32.2. The van der Waals surface area contributed by atoms with E-state index in [0.29, 0.717) is 6.04 Å². The molecule has 0 spiro atoms. The van der Waals surface area contributed by atoms with Gasteiger partial charge >= 0.3 is 0 Å². The van der Waals surface area contributed by atoms with Crippen molar-refractivity contribution in [2.75, 3.05) is 0 Å². The Balaban J connectivity index is 0.000000223. The van der Waals surface area contributed by atoms with Crippen LogP contribution < -0.4 is 4.72 Å². The van der Waals surface area contributed by atoms with E-state index in [1.165, 1.54) is 0 Å². The number of sulfonamides is 1. The van der Waals surface area contributed by atoms with Gasteiger partial charge in [-0.15, -0.1) is 0 Å². The summed E-state index contributed by atoms with van der Waals surface area (Å²) in [5.41, 5.74) is 3.29. The number of nitrogens with zero attached hydrogens (tertiary/aromatic N) is 3. The molecule has 0 atom stereocenters. The molecular formula is C20H32N4O2S. The van der Waals surface area contributed by atoms with Crippen molar-refractivity contribution >= 4 is 10.0 Å². The highest BCUT2D eigenvalue weighted by Gasteiger charge is 2.35. The Bertz CT molecular complexity index is 810. The van der Waals surface area contributed by atoms with Crippen LogP contribution in [0, 0.1) is 0 Å². The van der Waals surface area contributed by atoms with Gasteiger partial charge in [-0.2, -0.15) is 15.0 Å². The van der Waals surface area contributed by atoms with Crippen LogP contribution in [-0.4, -0.2) is 34.7 Å². The Hall–Kier alpha value is -1.73. The van der Waals surface area contributed by atoms with Gasteiger partial charge in [0.25, 0.3) is 0 Å². The van der Waals surface area contributed by atoms with Gasteiger partial charge in [-0.25, -0.2) is 13.1 Å². The first kappa shape index (κ1) is 21.6. The molecule has 0 amide bonds. The number of benzene rings is 1.